The smallest absolute Gasteiger partial charge is 0.225 e. The largest absolute Gasteiger partial charge is 0.368 e. The van der Waals surface area contributed by atoms with Crippen LogP contribution in [0.5, 0.6) is 0 Å². The molecule has 1 aromatic rings. The van der Waals surface area contributed by atoms with E-state index in [2.05, 4.69) is 15.0 Å². The van der Waals surface area contributed by atoms with E-state index in [1.54, 1.807) is 0 Å². The summed E-state index contributed by atoms with van der Waals surface area (Å²) in [6.07, 6.45) is 0.842. The molecule has 1 heterocycles. The van der Waals surface area contributed by atoms with Crippen LogP contribution in [0.25, 0.3) is 0 Å². The second kappa shape index (κ2) is 3.79. The molecule has 0 spiro atoms. The van der Waals surface area contributed by atoms with Crippen molar-refractivity contribution in [3.8, 4) is 0 Å². The summed E-state index contributed by atoms with van der Waals surface area (Å²) in [6, 6.07) is 0. The summed E-state index contributed by atoms with van der Waals surface area (Å²) in [5.74, 6) is 0.717. The van der Waals surface area contributed by atoms with Crippen molar-refractivity contribution in [3.05, 3.63) is 5.82 Å². The van der Waals surface area contributed by atoms with Crippen LogP contribution in [0.1, 0.15) is 19.2 Å². The SMILES string of the molecule is CC(=O)CCc1nc(N)nc(N)n1. The number of ketones is 1. The summed E-state index contributed by atoms with van der Waals surface area (Å²) in [4.78, 5) is 21.9. The molecule has 0 radical (unpaired) electrons. The number of Topliss-reactive ketones (excluding diaryl/α,β-unsaturated/α-hetero) is 1. The van der Waals surface area contributed by atoms with Gasteiger partial charge in [-0.15, -0.1) is 0 Å². The van der Waals surface area contributed by atoms with Crippen LogP contribution in [0.3, 0.4) is 0 Å². The van der Waals surface area contributed by atoms with Gasteiger partial charge in [-0.1, -0.05) is 0 Å². The van der Waals surface area contributed by atoms with E-state index < -0.39 is 0 Å². The van der Waals surface area contributed by atoms with E-state index in [1.165, 1.54) is 6.92 Å². The highest BCUT2D eigenvalue weighted by molar-refractivity contribution is 5.75. The summed E-state index contributed by atoms with van der Waals surface area (Å²) < 4.78 is 0. The summed E-state index contributed by atoms with van der Waals surface area (Å²) in [5.41, 5.74) is 10.7. The third-order valence-corrected chi connectivity index (χ3v) is 1.42. The molecule has 0 aliphatic rings. The van der Waals surface area contributed by atoms with Gasteiger partial charge < -0.3 is 16.3 Å². The van der Waals surface area contributed by atoms with Crippen LogP contribution in [-0.2, 0) is 11.2 Å². The highest BCUT2D eigenvalue weighted by atomic mass is 16.1. The second-order valence-corrected chi connectivity index (χ2v) is 2.67. The topological polar surface area (TPSA) is 108 Å². The average molecular weight is 181 g/mol. The number of nitrogens with two attached hydrogens (primary N) is 2. The lowest BCUT2D eigenvalue weighted by molar-refractivity contribution is -0.117. The molecule has 0 aliphatic carbocycles. The van der Waals surface area contributed by atoms with Crippen molar-refractivity contribution in [1.82, 2.24) is 15.0 Å². The molecular weight excluding hydrogens is 170 g/mol. The molecular formula is C7H11N5O. The first-order valence-corrected chi connectivity index (χ1v) is 3.83. The first-order valence-electron chi connectivity index (χ1n) is 3.83. The summed E-state index contributed by atoms with van der Waals surface area (Å²) >= 11 is 0. The molecule has 0 unspecified atom stereocenters. The lowest BCUT2D eigenvalue weighted by Gasteiger charge is -1.99. The normalized spacial score (nSPS) is 9.92. The number of aromatic nitrogens is 3. The van der Waals surface area contributed by atoms with Gasteiger partial charge in [0.05, 0.1) is 0 Å². The van der Waals surface area contributed by atoms with E-state index in [0.717, 1.165) is 0 Å². The van der Waals surface area contributed by atoms with E-state index >= 15 is 0 Å². The molecule has 4 N–H and O–H groups in total. The molecule has 0 fully saturated rings. The first kappa shape index (κ1) is 9.37. The molecule has 0 atom stereocenters. The van der Waals surface area contributed by atoms with Gasteiger partial charge in [0, 0.05) is 12.8 Å². The Hall–Kier alpha value is -1.72. The maximum atomic E-state index is 10.7. The minimum Gasteiger partial charge on any atom is -0.368 e. The molecule has 13 heavy (non-hydrogen) atoms. The predicted octanol–water partition coefficient (Wildman–Crippen LogP) is -0.442. The number of carbonyl (C=O) groups is 1. The average Bonchev–Trinajstić information content (AvgIpc) is 1.99. The van der Waals surface area contributed by atoms with E-state index in [-0.39, 0.29) is 17.7 Å². The van der Waals surface area contributed by atoms with Gasteiger partial charge in [0.1, 0.15) is 11.6 Å². The van der Waals surface area contributed by atoms with Gasteiger partial charge in [-0.25, -0.2) is 0 Å². The zero-order valence-electron chi connectivity index (χ0n) is 7.32. The zero-order chi connectivity index (χ0) is 9.84. The molecule has 1 rings (SSSR count). The van der Waals surface area contributed by atoms with Crippen molar-refractivity contribution in [1.29, 1.82) is 0 Å². The Morgan fingerprint density at radius 2 is 1.77 bits per heavy atom. The molecule has 70 valence electrons. The first-order chi connectivity index (χ1) is 6.08. The van der Waals surface area contributed by atoms with Gasteiger partial charge >= 0.3 is 0 Å². The van der Waals surface area contributed by atoms with E-state index in [0.29, 0.717) is 18.7 Å². The lowest BCUT2D eigenvalue weighted by atomic mass is 10.2. The van der Waals surface area contributed by atoms with Crippen LogP contribution >= 0.6 is 0 Å². The van der Waals surface area contributed by atoms with E-state index in [4.69, 9.17) is 11.5 Å². The van der Waals surface area contributed by atoms with Gasteiger partial charge in [0.15, 0.2) is 0 Å². The standard InChI is InChI=1S/C7H11N5O/c1-4(13)2-3-5-10-6(8)12-7(9)11-5/h2-3H2,1H3,(H4,8,9,10,11,12). The molecule has 0 amide bonds. The van der Waals surface area contributed by atoms with Gasteiger partial charge in [0.25, 0.3) is 0 Å². The number of nitrogens with zero attached hydrogens (tertiary/aromatic N) is 3. The van der Waals surface area contributed by atoms with Crippen LogP contribution in [-0.4, -0.2) is 20.7 Å². The van der Waals surface area contributed by atoms with Crippen LogP contribution < -0.4 is 11.5 Å². The van der Waals surface area contributed by atoms with Crippen molar-refractivity contribution in [2.24, 2.45) is 0 Å². The third-order valence-electron chi connectivity index (χ3n) is 1.42. The number of carbonyl (C=O) groups excluding carboxylic acids is 1. The van der Waals surface area contributed by atoms with Crippen LogP contribution in [0.15, 0.2) is 0 Å². The highest BCUT2D eigenvalue weighted by Gasteiger charge is 2.02. The van der Waals surface area contributed by atoms with Gasteiger partial charge in [-0.3, -0.25) is 0 Å². The number of anilines is 2. The maximum Gasteiger partial charge on any atom is 0.225 e. The van der Waals surface area contributed by atoms with Crippen molar-refractivity contribution < 1.29 is 4.79 Å². The summed E-state index contributed by atoms with van der Waals surface area (Å²) in [7, 11) is 0. The van der Waals surface area contributed by atoms with Crippen molar-refractivity contribution >= 4 is 17.7 Å². The predicted molar refractivity (Wildman–Crippen MR) is 47.7 cm³/mol. The Labute approximate surface area is 75.4 Å². The van der Waals surface area contributed by atoms with E-state index in [1.807, 2.05) is 0 Å². The molecule has 0 aromatic carbocycles. The summed E-state index contributed by atoms with van der Waals surface area (Å²) in [5, 5.41) is 0. The van der Waals surface area contributed by atoms with Gasteiger partial charge in [-0.05, 0) is 6.92 Å². The fraction of sp³-hybridized carbons (Fsp3) is 0.429. The molecule has 1 aromatic heterocycles. The number of rotatable bonds is 3. The number of aryl methyl sites for hydroxylation is 1. The maximum absolute atomic E-state index is 10.7. The molecule has 0 aliphatic heterocycles. The van der Waals surface area contributed by atoms with Gasteiger partial charge in [0.2, 0.25) is 11.9 Å². The molecule has 6 heteroatoms. The van der Waals surface area contributed by atoms with Crippen molar-refractivity contribution in [2.45, 2.75) is 19.8 Å². The Kier molecular flexibility index (Phi) is 2.73. The van der Waals surface area contributed by atoms with Crippen LogP contribution in [0, 0.1) is 0 Å². The fourth-order valence-electron chi connectivity index (χ4n) is 0.856. The minimum absolute atomic E-state index is 0.0811. The molecule has 0 bridgehead atoms. The fourth-order valence-corrected chi connectivity index (χ4v) is 0.856. The Bertz CT molecular complexity index is 304. The van der Waals surface area contributed by atoms with Gasteiger partial charge in [-0.2, -0.15) is 15.0 Å². The second-order valence-electron chi connectivity index (χ2n) is 2.67. The number of hydrogen-bond acceptors (Lipinski definition) is 6. The van der Waals surface area contributed by atoms with Crippen molar-refractivity contribution in [2.75, 3.05) is 11.5 Å². The Morgan fingerprint density at radius 1 is 1.23 bits per heavy atom. The zero-order valence-corrected chi connectivity index (χ0v) is 7.32. The lowest BCUT2D eigenvalue weighted by Crippen LogP contribution is -2.07. The Balaban J connectivity index is 2.71. The minimum atomic E-state index is 0.0811. The van der Waals surface area contributed by atoms with E-state index in [9.17, 15) is 4.79 Å². The van der Waals surface area contributed by atoms with Crippen LogP contribution in [0.2, 0.25) is 0 Å². The molecule has 6 nitrogen and oxygen atoms in total. The monoisotopic (exact) mass is 181 g/mol. The third kappa shape index (κ3) is 3.02. The van der Waals surface area contributed by atoms with Crippen molar-refractivity contribution in [3.63, 3.8) is 0 Å². The quantitative estimate of drug-likeness (QED) is 0.654. The highest BCUT2D eigenvalue weighted by Crippen LogP contribution is 2.01. The molecule has 0 saturated heterocycles. The summed E-state index contributed by atoms with van der Waals surface area (Å²) in [6.45, 7) is 1.51. The Morgan fingerprint density at radius 3 is 2.23 bits per heavy atom. The molecule has 0 saturated carbocycles. The van der Waals surface area contributed by atoms with Crippen LogP contribution in [0.4, 0.5) is 11.9 Å². The number of hydrogen-bond donors (Lipinski definition) is 2. The number of nitrogen functional groups attached to an aromatic ring is 2.